The molecule has 3 aromatic carbocycles. The molecule has 0 atom stereocenters. The van der Waals surface area contributed by atoms with Crippen molar-refractivity contribution < 1.29 is 19.3 Å². The lowest BCUT2D eigenvalue weighted by atomic mass is 9.97. The molecule has 0 aliphatic rings. The zero-order valence-corrected chi connectivity index (χ0v) is 14.9. The number of ether oxygens (including phenoxy) is 3. The Morgan fingerprint density at radius 2 is 1.23 bits per heavy atom. The van der Waals surface area contributed by atoms with E-state index in [1.807, 2.05) is 66.7 Å². The normalized spacial score (nSPS) is 10.4. The summed E-state index contributed by atoms with van der Waals surface area (Å²) in [5.41, 5.74) is 3.86. The van der Waals surface area contributed by atoms with Gasteiger partial charge in [-0.3, -0.25) is 0 Å². The third-order valence-electron chi connectivity index (χ3n) is 4.11. The molecule has 4 heteroatoms. The maximum Gasteiger partial charge on any atom is 0.135 e. The fourth-order valence-corrected chi connectivity index (χ4v) is 2.88. The van der Waals surface area contributed by atoms with Crippen LogP contribution < -0.4 is 14.2 Å². The monoisotopic (exact) mass is 350 g/mol. The van der Waals surface area contributed by atoms with Crippen molar-refractivity contribution >= 4 is 0 Å². The molecule has 0 radical (unpaired) electrons. The average Bonchev–Trinajstić information content (AvgIpc) is 2.72. The van der Waals surface area contributed by atoms with Gasteiger partial charge in [-0.2, -0.15) is 0 Å². The second-order valence-electron chi connectivity index (χ2n) is 5.72. The van der Waals surface area contributed by atoms with Crippen molar-refractivity contribution in [2.24, 2.45) is 0 Å². The lowest BCUT2D eigenvalue weighted by Crippen LogP contribution is -2.04. The maximum atomic E-state index is 9.25. The highest BCUT2D eigenvalue weighted by Gasteiger charge is 2.14. The van der Waals surface area contributed by atoms with Crippen LogP contribution in [0.2, 0.25) is 0 Å². The molecule has 4 nitrogen and oxygen atoms in total. The summed E-state index contributed by atoms with van der Waals surface area (Å²) < 4.78 is 16.6. The van der Waals surface area contributed by atoms with Gasteiger partial charge in [0.05, 0.1) is 20.8 Å². The molecule has 3 aromatic rings. The minimum absolute atomic E-state index is 0.0516. The number of hydrogen-bond acceptors (Lipinski definition) is 4. The highest BCUT2D eigenvalue weighted by Crippen LogP contribution is 2.40. The van der Waals surface area contributed by atoms with Crippen molar-refractivity contribution in [3.63, 3.8) is 0 Å². The molecule has 0 bridgehead atoms. The molecule has 0 spiro atoms. The van der Waals surface area contributed by atoms with Gasteiger partial charge in [-0.15, -0.1) is 0 Å². The Balaban J connectivity index is 2.15. The Labute approximate surface area is 153 Å². The zero-order valence-electron chi connectivity index (χ0n) is 14.9. The van der Waals surface area contributed by atoms with E-state index in [2.05, 4.69) is 0 Å². The van der Waals surface area contributed by atoms with E-state index < -0.39 is 0 Å². The summed E-state index contributed by atoms with van der Waals surface area (Å²) in [6.07, 6.45) is 0. The first kappa shape index (κ1) is 17.8. The minimum Gasteiger partial charge on any atom is -0.497 e. The van der Waals surface area contributed by atoms with Crippen LogP contribution in [0, 0.1) is 0 Å². The topological polar surface area (TPSA) is 47.9 Å². The van der Waals surface area contributed by atoms with Gasteiger partial charge in [0.2, 0.25) is 0 Å². The second-order valence-corrected chi connectivity index (χ2v) is 5.72. The lowest BCUT2D eigenvalue weighted by molar-refractivity contribution is 0.202. The lowest BCUT2D eigenvalue weighted by Gasteiger charge is -2.17. The number of benzene rings is 3. The molecule has 3 rings (SSSR count). The Hall–Kier alpha value is -2.98. The molecule has 0 aliphatic heterocycles. The zero-order chi connectivity index (χ0) is 18.4. The third-order valence-corrected chi connectivity index (χ3v) is 4.11. The van der Waals surface area contributed by atoms with Gasteiger partial charge in [0, 0.05) is 11.1 Å². The van der Waals surface area contributed by atoms with Gasteiger partial charge in [0.25, 0.3) is 0 Å². The quantitative estimate of drug-likeness (QED) is 0.686. The largest absolute Gasteiger partial charge is 0.497 e. The second kappa shape index (κ2) is 8.41. The highest BCUT2D eigenvalue weighted by atomic mass is 16.5. The van der Waals surface area contributed by atoms with Gasteiger partial charge >= 0.3 is 0 Å². The molecule has 0 aliphatic carbocycles. The number of methoxy groups -OCH3 is 2. The molecular weight excluding hydrogens is 328 g/mol. The first-order chi connectivity index (χ1) is 12.8. The summed E-state index contributed by atoms with van der Waals surface area (Å²) >= 11 is 0. The van der Waals surface area contributed by atoms with Gasteiger partial charge in [-0.1, -0.05) is 42.5 Å². The molecule has 0 unspecified atom stereocenters. The average molecular weight is 350 g/mol. The molecule has 26 heavy (non-hydrogen) atoms. The van der Waals surface area contributed by atoms with E-state index in [1.54, 1.807) is 14.2 Å². The SMILES string of the molecule is COc1cccc(-c2cccc(-c3cccc(OC)c3)c2OCCO)c1. The highest BCUT2D eigenvalue weighted by molar-refractivity contribution is 5.83. The molecule has 134 valence electrons. The van der Waals surface area contributed by atoms with Crippen molar-refractivity contribution in [1.29, 1.82) is 0 Å². The van der Waals surface area contributed by atoms with Crippen molar-refractivity contribution in [2.75, 3.05) is 27.4 Å². The first-order valence-electron chi connectivity index (χ1n) is 8.42. The van der Waals surface area contributed by atoms with E-state index >= 15 is 0 Å². The number of hydrogen-bond donors (Lipinski definition) is 1. The van der Waals surface area contributed by atoms with E-state index in [9.17, 15) is 5.11 Å². The van der Waals surface area contributed by atoms with Crippen molar-refractivity contribution in [3.8, 4) is 39.5 Å². The summed E-state index contributed by atoms with van der Waals surface area (Å²) in [5, 5.41) is 9.25. The number of aliphatic hydroxyl groups is 1. The number of aliphatic hydroxyl groups excluding tert-OH is 1. The summed E-state index contributed by atoms with van der Waals surface area (Å²) in [7, 11) is 3.30. The Morgan fingerprint density at radius 3 is 1.69 bits per heavy atom. The van der Waals surface area contributed by atoms with Crippen LogP contribution in [0.1, 0.15) is 0 Å². The Kier molecular flexibility index (Phi) is 5.77. The van der Waals surface area contributed by atoms with E-state index in [4.69, 9.17) is 14.2 Å². The fourth-order valence-electron chi connectivity index (χ4n) is 2.88. The number of para-hydroxylation sites is 1. The summed E-state index contributed by atoms with van der Waals surface area (Å²) in [6, 6.07) is 21.7. The van der Waals surface area contributed by atoms with E-state index in [0.29, 0.717) is 0 Å². The summed E-state index contributed by atoms with van der Waals surface area (Å²) in [5.74, 6) is 2.29. The standard InChI is InChI=1S/C22H22O4/c1-24-18-8-3-6-16(14-18)20-10-5-11-21(22(20)26-13-12-23)17-7-4-9-19(15-17)25-2/h3-11,14-15,23H,12-13H2,1-2H3. The molecular formula is C22H22O4. The molecule has 1 N–H and O–H groups in total. The van der Waals surface area contributed by atoms with Crippen molar-refractivity contribution in [2.45, 2.75) is 0 Å². The number of rotatable bonds is 7. The predicted octanol–water partition coefficient (Wildman–Crippen LogP) is 4.41. The van der Waals surface area contributed by atoms with Crippen LogP contribution in [0.15, 0.2) is 66.7 Å². The molecule has 0 saturated heterocycles. The van der Waals surface area contributed by atoms with Crippen LogP contribution in [0.25, 0.3) is 22.3 Å². The first-order valence-corrected chi connectivity index (χ1v) is 8.42. The molecule has 0 saturated carbocycles. The predicted molar refractivity (Wildman–Crippen MR) is 103 cm³/mol. The van der Waals surface area contributed by atoms with Crippen LogP contribution in [0.3, 0.4) is 0 Å². The Bertz CT molecular complexity index is 808. The maximum absolute atomic E-state index is 9.25. The van der Waals surface area contributed by atoms with Crippen molar-refractivity contribution in [1.82, 2.24) is 0 Å². The van der Waals surface area contributed by atoms with Crippen LogP contribution >= 0.6 is 0 Å². The summed E-state index contributed by atoms with van der Waals surface area (Å²) in [6.45, 7) is 0.169. The van der Waals surface area contributed by atoms with Crippen LogP contribution in [-0.2, 0) is 0 Å². The van der Waals surface area contributed by atoms with E-state index in [-0.39, 0.29) is 13.2 Å². The van der Waals surface area contributed by atoms with Crippen LogP contribution in [0.4, 0.5) is 0 Å². The van der Waals surface area contributed by atoms with Gasteiger partial charge in [-0.05, 0) is 35.4 Å². The molecule has 0 heterocycles. The van der Waals surface area contributed by atoms with E-state index in [1.165, 1.54) is 0 Å². The molecule has 0 amide bonds. The van der Waals surface area contributed by atoms with E-state index in [0.717, 1.165) is 39.5 Å². The molecule has 0 aromatic heterocycles. The third kappa shape index (κ3) is 3.81. The minimum atomic E-state index is -0.0516. The van der Waals surface area contributed by atoms with Gasteiger partial charge in [0.15, 0.2) is 0 Å². The molecule has 0 fully saturated rings. The van der Waals surface area contributed by atoms with Crippen LogP contribution in [-0.4, -0.2) is 32.5 Å². The van der Waals surface area contributed by atoms with Gasteiger partial charge in [0.1, 0.15) is 23.9 Å². The Morgan fingerprint density at radius 1 is 0.731 bits per heavy atom. The summed E-state index contributed by atoms with van der Waals surface area (Å²) in [4.78, 5) is 0. The smallest absolute Gasteiger partial charge is 0.135 e. The van der Waals surface area contributed by atoms with Gasteiger partial charge in [-0.25, -0.2) is 0 Å². The fraction of sp³-hybridized carbons (Fsp3) is 0.182. The van der Waals surface area contributed by atoms with Gasteiger partial charge < -0.3 is 19.3 Å². The van der Waals surface area contributed by atoms with Crippen LogP contribution in [0.5, 0.6) is 17.2 Å². The van der Waals surface area contributed by atoms with Crippen molar-refractivity contribution in [3.05, 3.63) is 66.7 Å².